The molecule has 142 valence electrons. The molecule has 1 amide bonds. The number of hydrogen-bond donors (Lipinski definition) is 0. The normalized spacial score (nSPS) is 16.7. The van der Waals surface area contributed by atoms with Crippen LogP contribution in [0.1, 0.15) is 42.6 Å². The van der Waals surface area contributed by atoms with Crippen LogP contribution in [0.25, 0.3) is 0 Å². The lowest BCUT2D eigenvalue weighted by atomic mass is 10.1. The van der Waals surface area contributed by atoms with Crippen molar-refractivity contribution in [3.05, 3.63) is 47.8 Å². The molecule has 2 aromatic rings. The molecule has 1 saturated heterocycles. The molecule has 1 aromatic carbocycles. The van der Waals surface area contributed by atoms with Crippen LogP contribution in [0.2, 0.25) is 0 Å². The Bertz CT molecular complexity index is 790. The van der Waals surface area contributed by atoms with Gasteiger partial charge in [0.1, 0.15) is 11.9 Å². The first kappa shape index (κ1) is 18.8. The predicted molar refractivity (Wildman–Crippen MR) is 98.7 cm³/mol. The number of aryl methyl sites for hydroxylation is 1. The number of likely N-dealkylation sites (tertiary alicyclic amines) is 1. The first-order valence-corrected chi connectivity index (χ1v) is 9.10. The van der Waals surface area contributed by atoms with E-state index in [2.05, 4.69) is 9.97 Å². The summed E-state index contributed by atoms with van der Waals surface area (Å²) in [6, 6.07) is 6.91. The Morgan fingerprint density at radius 2 is 1.89 bits per heavy atom. The Morgan fingerprint density at radius 3 is 2.52 bits per heavy atom. The van der Waals surface area contributed by atoms with Crippen LogP contribution in [-0.4, -0.2) is 45.9 Å². The minimum atomic E-state index is -0.390. The van der Waals surface area contributed by atoms with Crippen molar-refractivity contribution in [3.8, 4) is 11.8 Å². The van der Waals surface area contributed by atoms with Crippen molar-refractivity contribution in [2.24, 2.45) is 0 Å². The van der Waals surface area contributed by atoms with Gasteiger partial charge in [-0.05, 0) is 49.1 Å². The third-order valence-corrected chi connectivity index (χ3v) is 4.39. The Labute approximate surface area is 158 Å². The molecule has 1 aliphatic heterocycles. The van der Waals surface area contributed by atoms with E-state index in [0.717, 1.165) is 24.8 Å². The van der Waals surface area contributed by atoms with E-state index in [0.29, 0.717) is 30.4 Å². The number of piperidine rings is 1. The number of esters is 1. The van der Waals surface area contributed by atoms with Gasteiger partial charge in [-0.25, -0.2) is 9.97 Å². The van der Waals surface area contributed by atoms with Crippen molar-refractivity contribution < 1.29 is 19.1 Å². The zero-order chi connectivity index (χ0) is 19.2. The fraction of sp³-hybridized carbons (Fsp3) is 0.400. The van der Waals surface area contributed by atoms with E-state index in [4.69, 9.17) is 9.47 Å². The van der Waals surface area contributed by atoms with Crippen LogP contribution >= 0.6 is 0 Å². The zero-order valence-electron chi connectivity index (χ0n) is 15.6. The van der Waals surface area contributed by atoms with Crippen molar-refractivity contribution in [2.75, 3.05) is 13.1 Å². The van der Waals surface area contributed by atoms with E-state index in [-0.39, 0.29) is 18.0 Å². The van der Waals surface area contributed by atoms with E-state index in [1.165, 1.54) is 6.92 Å². The molecule has 0 radical (unpaired) electrons. The highest BCUT2D eigenvalue weighted by molar-refractivity contribution is 5.94. The summed E-state index contributed by atoms with van der Waals surface area (Å²) >= 11 is 0. The maximum Gasteiger partial charge on any atom is 0.316 e. The maximum atomic E-state index is 12.7. The fourth-order valence-corrected chi connectivity index (χ4v) is 2.97. The first-order chi connectivity index (χ1) is 13.0. The van der Waals surface area contributed by atoms with Crippen molar-refractivity contribution in [1.29, 1.82) is 0 Å². The Hall–Kier alpha value is -2.96. The van der Waals surface area contributed by atoms with E-state index in [1.807, 2.05) is 6.92 Å². The lowest BCUT2D eigenvalue weighted by Gasteiger charge is -2.32. The van der Waals surface area contributed by atoms with Gasteiger partial charge >= 0.3 is 12.0 Å². The first-order valence-electron chi connectivity index (χ1n) is 9.10. The lowest BCUT2D eigenvalue weighted by Crippen LogP contribution is -2.44. The van der Waals surface area contributed by atoms with Gasteiger partial charge in [0.25, 0.3) is 5.91 Å². The van der Waals surface area contributed by atoms with Gasteiger partial charge in [0.15, 0.2) is 0 Å². The smallest absolute Gasteiger partial charge is 0.316 e. The predicted octanol–water partition coefficient (Wildman–Crippen LogP) is 2.65. The Kier molecular flexibility index (Phi) is 6.01. The fourth-order valence-electron chi connectivity index (χ4n) is 2.97. The van der Waals surface area contributed by atoms with Crippen LogP contribution in [0.5, 0.6) is 11.8 Å². The third-order valence-electron chi connectivity index (χ3n) is 4.39. The van der Waals surface area contributed by atoms with Crippen molar-refractivity contribution >= 4 is 11.9 Å². The van der Waals surface area contributed by atoms with Gasteiger partial charge in [-0.15, -0.1) is 0 Å². The van der Waals surface area contributed by atoms with Crippen molar-refractivity contribution in [2.45, 2.75) is 39.2 Å². The number of ether oxygens (including phenoxy) is 2. The molecule has 1 atom stereocenters. The molecule has 2 heterocycles. The molecule has 0 spiro atoms. The van der Waals surface area contributed by atoms with Gasteiger partial charge in [-0.3, -0.25) is 9.59 Å². The molecule has 1 aromatic heterocycles. The standard InChI is InChI=1S/C20H23N3O4/c1-3-15-11-21-20(22-12-15)27-18-5-4-10-23(13-18)19(25)16-6-8-17(9-7-16)26-14(2)24/h6-9,11-12,18H,3-5,10,13H2,1-2H3. The van der Waals surface area contributed by atoms with Crippen molar-refractivity contribution in [3.63, 3.8) is 0 Å². The molecule has 3 rings (SSSR count). The van der Waals surface area contributed by atoms with E-state index in [1.54, 1.807) is 41.6 Å². The van der Waals surface area contributed by atoms with Crippen LogP contribution in [0.3, 0.4) is 0 Å². The number of benzene rings is 1. The quantitative estimate of drug-likeness (QED) is 0.595. The molecular weight excluding hydrogens is 346 g/mol. The van der Waals surface area contributed by atoms with Crippen LogP contribution < -0.4 is 9.47 Å². The van der Waals surface area contributed by atoms with E-state index >= 15 is 0 Å². The number of nitrogens with zero attached hydrogens (tertiary/aromatic N) is 3. The lowest BCUT2D eigenvalue weighted by molar-refractivity contribution is -0.131. The van der Waals surface area contributed by atoms with Gasteiger partial charge in [-0.2, -0.15) is 0 Å². The van der Waals surface area contributed by atoms with Crippen molar-refractivity contribution in [1.82, 2.24) is 14.9 Å². The average Bonchev–Trinajstić information content (AvgIpc) is 2.68. The highest BCUT2D eigenvalue weighted by Crippen LogP contribution is 2.19. The summed E-state index contributed by atoms with van der Waals surface area (Å²) in [4.78, 5) is 34.0. The third kappa shape index (κ3) is 5.03. The summed E-state index contributed by atoms with van der Waals surface area (Å²) in [5.74, 6) is -0.0363. The average molecular weight is 369 g/mol. The molecule has 1 fully saturated rings. The van der Waals surface area contributed by atoms with E-state index in [9.17, 15) is 9.59 Å². The molecular formula is C20H23N3O4. The monoisotopic (exact) mass is 369 g/mol. The summed E-state index contributed by atoms with van der Waals surface area (Å²) in [5, 5.41) is 0. The molecule has 1 unspecified atom stereocenters. The molecule has 0 bridgehead atoms. The second-order valence-corrected chi connectivity index (χ2v) is 6.48. The summed E-state index contributed by atoms with van der Waals surface area (Å²) in [6.45, 7) is 4.55. The number of carbonyl (C=O) groups is 2. The largest absolute Gasteiger partial charge is 0.458 e. The Balaban J connectivity index is 1.60. The van der Waals surface area contributed by atoms with Crippen LogP contribution in [0.4, 0.5) is 0 Å². The molecule has 0 aliphatic carbocycles. The zero-order valence-corrected chi connectivity index (χ0v) is 15.6. The second-order valence-electron chi connectivity index (χ2n) is 6.48. The molecule has 27 heavy (non-hydrogen) atoms. The SMILES string of the molecule is CCc1cnc(OC2CCCN(C(=O)c3ccc(OC(C)=O)cc3)C2)nc1. The summed E-state index contributed by atoms with van der Waals surface area (Å²) in [6.07, 6.45) is 5.98. The van der Waals surface area contributed by atoms with Crippen LogP contribution in [0, 0.1) is 0 Å². The summed E-state index contributed by atoms with van der Waals surface area (Å²) in [5.41, 5.74) is 1.61. The van der Waals surface area contributed by atoms with Gasteiger partial charge < -0.3 is 14.4 Å². The number of hydrogen-bond acceptors (Lipinski definition) is 6. The molecule has 0 N–H and O–H groups in total. The number of rotatable bonds is 5. The van der Waals surface area contributed by atoms with Crippen LogP contribution in [-0.2, 0) is 11.2 Å². The topological polar surface area (TPSA) is 81.6 Å². The molecule has 7 heteroatoms. The van der Waals surface area contributed by atoms with E-state index < -0.39 is 0 Å². The van der Waals surface area contributed by atoms with Gasteiger partial charge in [0, 0.05) is 31.4 Å². The summed E-state index contributed by atoms with van der Waals surface area (Å²) < 4.78 is 10.9. The van der Waals surface area contributed by atoms with Gasteiger partial charge in [0.05, 0.1) is 6.54 Å². The number of carbonyl (C=O) groups excluding carboxylic acids is 2. The molecule has 7 nitrogen and oxygen atoms in total. The van der Waals surface area contributed by atoms with Gasteiger partial charge in [-0.1, -0.05) is 6.92 Å². The van der Waals surface area contributed by atoms with Gasteiger partial charge in [0.2, 0.25) is 0 Å². The number of aromatic nitrogens is 2. The maximum absolute atomic E-state index is 12.7. The highest BCUT2D eigenvalue weighted by atomic mass is 16.5. The highest BCUT2D eigenvalue weighted by Gasteiger charge is 2.26. The summed E-state index contributed by atoms with van der Waals surface area (Å²) in [7, 11) is 0. The molecule has 1 aliphatic rings. The second kappa shape index (κ2) is 8.62. The number of amides is 1. The minimum absolute atomic E-state index is 0.0695. The molecule has 0 saturated carbocycles. The Morgan fingerprint density at radius 1 is 1.19 bits per heavy atom. The minimum Gasteiger partial charge on any atom is -0.458 e. The van der Waals surface area contributed by atoms with Crippen LogP contribution in [0.15, 0.2) is 36.7 Å².